The Bertz CT molecular complexity index is 827. The van der Waals surface area contributed by atoms with Crippen molar-refractivity contribution in [3.05, 3.63) is 35.3 Å². The van der Waals surface area contributed by atoms with Crippen molar-refractivity contribution in [2.75, 3.05) is 10.6 Å². The van der Waals surface area contributed by atoms with E-state index in [1.807, 2.05) is 6.07 Å². The molecule has 3 rings (SSSR count). The fourth-order valence-corrected chi connectivity index (χ4v) is 3.90. The standard InChI is InChI=1S/C16H16N4O4S2/c1-8(2)24-16(23)20-11(21)9-5-7-25-13(9)19-12(22)15-18-10-4-3-6-17-14(10)26-15/h3-8,15,18H,1-2H3,(H,19,22)(H,20,21,23). The van der Waals surface area contributed by atoms with Crippen LogP contribution in [0.15, 0.2) is 34.8 Å². The molecule has 3 heterocycles. The molecule has 3 amide bonds. The topological polar surface area (TPSA) is 109 Å². The number of carbonyl (C=O) groups excluding carboxylic acids is 3. The fraction of sp³-hybridized carbons (Fsp3) is 0.250. The van der Waals surface area contributed by atoms with Crippen LogP contribution in [-0.4, -0.2) is 34.4 Å². The predicted octanol–water partition coefficient (Wildman–Crippen LogP) is 2.90. The second-order valence-electron chi connectivity index (χ2n) is 5.56. The highest BCUT2D eigenvalue weighted by atomic mass is 32.2. The van der Waals surface area contributed by atoms with Crippen LogP contribution in [-0.2, 0) is 9.53 Å². The Morgan fingerprint density at radius 3 is 2.85 bits per heavy atom. The molecule has 0 saturated carbocycles. The van der Waals surface area contributed by atoms with Crippen molar-refractivity contribution >= 4 is 51.7 Å². The molecule has 8 nitrogen and oxygen atoms in total. The summed E-state index contributed by atoms with van der Waals surface area (Å²) < 4.78 is 4.88. The van der Waals surface area contributed by atoms with Crippen molar-refractivity contribution in [3.63, 3.8) is 0 Å². The lowest BCUT2D eigenvalue weighted by atomic mass is 10.3. The largest absolute Gasteiger partial charge is 0.447 e. The summed E-state index contributed by atoms with van der Waals surface area (Å²) in [5.74, 6) is -0.946. The van der Waals surface area contributed by atoms with Gasteiger partial charge in [-0.05, 0) is 37.4 Å². The Morgan fingerprint density at radius 1 is 1.31 bits per heavy atom. The summed E-state index contributed by atoms with van der Waals surface area (Å²) in [5, 5.41) is 10.1. The molecule has 0 spiro atoms. The summed E-state index contributed by atoms with van der Waals surface area (Å²) in [6.07, 6.45) is 0.485. The first-order valence-electron chi connectivity index (χ1n) is 7.72. The average Bonchev–Trinajstić information content (AvgIpc) is 3.20. The zero-order valence-corrected chi connectivity index (χ0v) is 15.6. The molecule has 2 aromatic rings. The molecule has 26 heavy (non-hydrogen) atoms. The Hall–Kier alpha value is -2.59. The van der Waals surface area contributed by atoms with E-state index in [2.05, 4.69) is 20.9 Å². The van der Waals surface area contributed by atoms with Crippen molar-refractivity contribution in [2.45, 2.75) is 30.4 Å². The van der Waals surface area contributed by atoms with Crippen LogP contribution in [0.5, 0.6) is 0 Å². The molecule has 1 aliphatic heterocycles. The van der Waals surface area contributed by atoms with Crippen molar-refractivity contribution in [1.82, 2.24) is 10.3 Å². The van der Waals surface area contributed by atoms with E-state index in [1.54, 1.807) is 31.5 Å². The van der Waals surface area contributed by atoms with Crippen LogP contribution < -0.4 is 16.0 Å². The number of nitrogens with zero attached hydrogens (tertiary/aromatic N) is 1. The number of ether oxygens (including phenoxy) is 1. The molecule has 1 aliphatic rings. The highest BCUT2D eigenvalue weighted by molar-refractivity contribution is 8.01. The number of fused-ring (bicyclic) bond motifs is 1. The van der Waals surface area contributed by atoms with E-state index >= 15 is 0 Å². The zero-order chi connectivity index (χ0) is 18.7. The number of hydrogen-bond donors (Lipinski definition) is 3. The number of alkyl carbamates (subject to hydrolysis) is 1. The number of nitrogens with one attached hydrogen (secondary N) is 3. The van der Waals surface area contributed by atoms with Crippen LogP contribution in [0.3, 0.4) is 0 Å². The summed E-state index contributed by atoms with van der Waals surface area (Å²) in [4.78, 5) is 40.5. The number of aromatic nitrogens is 1. The first-order chi connectivity index (χ1) is 12.4. The van der Waals surface area contributed by atoms with Gasteiger partial charge in [0.1, 0.15) is 10.0 Å². The minimum absolute atomic E-state index is 0.197. The molecule has 1 atom stereocenters. The lowest BCUT2D eigenvalue weighted by Crippen LogP contribution is -2.33. The maximum Gasteiger partial charge on any atom is 0.414 e. The maximum atomic E-state index is 12.5. The quantitative estimate of drug-likeness (QED) is 0.734. The summed E-state index contributed by atoms with van der Waals surface area (Å²) >= 11 is 2.49. The van der Waals surface area contributed by atoms with E-state index in [1.165, 1.54) is 29.2 Å². The van der Waals surface area contributed by atoms with Crippen LogP contribution in [0.2, 0.25) is 0 Å². The minimum atomic E-state index is -0.831. The number of carbonyl (C=O) groups is 3. The van der Waals surface area contributed by atoms with E-state index < -0.39 is 17.4 Å². The number of imide groups is 1. The number of rotatable bonds is 4. The Balaban J connectivity index is 1.63. The van der Waals surface area contributed by atoms with E-state index in [9.17, 15) is 14.4 Å². The summed E-state index contributed by atoms with van der Waals surface area (Å²) in [6.45, 7) is 3.36. The second-order valence-corrected chi connectivity index (χ2v) is 7.57. The van der Waals surface area contributed by atoms with Gasteiger partial charge in [0.2, 0.25) is 0 Å². The third-order valence-electron chi connectivity index (χ3n) is 3.23. The monoisotopic (exact) mass is 392 g/mol. The van der Waals surface area contributed by atoms with Crippen molar-refractivity contribution < 1.29 is 19.1 Å². The number of anilines is 2. The molecule has 0 radical (unpaired) electrons. The molecule has 136 valence electrons. The van der Waals surface area contributed by atoms with Gasteiger partial charge in [-0.25, -0.2) is 9.78 Å². The Kier molecular flexibility index (Phi) is 5.43. The normalized spacial score (nSPS) is 15.1. The second kappa shape index (κ2) is 7.75. The average molecular weight is 392 g/mol. The highest BCUT2D eigenvalue weighted by Gasteiger charge is 2.29. The highest BCUT2D eigenvalue weighted by Crippen LogP contribution is 2.37. The molecule has 0 aliphatic carbocycles. The number of pyridine rings is 1. The van der Waals surface area contributed by atoms with E-state index in [-0.39, 0.29) is 17.6 Å². The van der Waals surface area contributed by atoms with Crippen molar-refractivity contribution in [3.8, 4) is 0 Å². The van der Waals surface area contributed by atoms with E-state index in [0.29, 0.717) is 5.00 Å². The molecule has 0 saturated heterocycles. The molecule has 1 unspecified atom stereocenters. The van der Waals surface area contributed by atoms with Crippen LogP contribution in [0.4, 0.5) is 15.5 Å². The maximum absolute atomic E-state index is 12.5. The number of thioether (sulfide) groups is 1. The van der Waals surface area contributed by atoms with Gasteiger partial charge in [0, 0.05) is 6.20 Å². The van der Waals surface area contributed by atoms with Crippen LogP contribution in [0.25, 0.3) is 0 Å². The third kappa shape index (κ3) is 4.14. The van der Waals surface area contributed by atoms with Gasteiger partial charge in [0.25, 0.3) is 11.8 Å². The predicted molar refractivity (Wildman–Crippen MR) is 99.5 cm³/mol. The van der Waals surface area contributed by atoms with Crippen molar-refractivity contribution in [2.24, 2.45) is 0 Å². The lowest BCUT2D eigenvalue weighted by Gasteiger charge is -2.12. The van der Waals surface area contributed by atoms with Crippen LogP contribution in [0.1, 0.15) is 24.2 Å². The van der Waals surface area contributed by atoms with Crippen molar-refractivity contribution in [1.29, 1.82) is 0 Å². The lowest BCUT2D eigenvalue weighted by molar-refractivity contribution is -0.115. The van der Waals surface area contributed by atoms with Gasteiger partial charge < -0.3 is 15.4 Å². The van der Waals surface area contributed by atoms with Gasteiger partial charge in [-0.2, -0.15) is 0 Å². The first kappa shape index (κ1) is 18.2. The summed E-state index contributed by atoms with van der Waals surface area (Å²) in [5.41, 5.74) is 0.987. The SMILES string of the molecule is CC(C)OC(=O)NC(=O)c1ccsc1NC(=O)C1Nc2cccnc2S1. The smallest absolute Gasteiger partial charge is 0.414 e. The number of hydrogen-bond acceptors (Lipinski definition) is 8. The molecular weight excluding hydrogens is 376 g/mol. The van der Waals surface area contributed by atoms with Gasteiger partial charge in [-0.1, -0.05) is 11.8 Å². The summed E-state index contributed by atoms with van der Waals surface area (Å²) in [6, 6.07) is 5.15. The number of amides is 3. The van der Waals surface area contributed by atoms with Crippen LogP contribution in [0, 0.1) is 0 Å². The molecule has 0 aromatic carbocycles. The van der Waals surface area contributed by atoms with Gasteiger partial charge in [-0.15, -0.1) is 11.3 Å². The molecule has 0 bridgehead atoms. The first-order valence-corrected chi connectivity index (χ1v) is 9.48. The minimum Gasteiger partial charge on any atom is -0.447 e. The summed E-state index contributed by atoms with van der Waals surface area (Å²) in [7, 11) is 0. The van der Waals surface area contributed by atoms with Gasteiger partial charge in [-0.3, -0.25) is 14.9 Å². The molecule has 3 N–H and O–H groups in total. The molecule has 0 fully saturated rings. The Morgan fingerprint density at radius 2 is 2.12 bits per heavy atom. The van der Waals surface area contributed by atoms with Gasteiger partial charge >= 0.3 is 6.09 Å². The van der Waals surface area contributed by atoms with E-state index in [4.69, 9.17) is 4.74 Å². The zero-order valence-electron chi connectivity index (χ0n) is 13.9. The van der Waals surface area contributed by atoms with Gasteiger partial charge in [0.05, 0.1) is 17.4 Å². The van der Waals surface area contributed by atoms with Crippen LogP contribution >= 0.6 is 23.1 Å². The third-order valence-corrected chi connectivity index (χ3v) is 5.18. The fourth-order valence-electron chi connectivity index (χ4n) is 2.16. The number of thiophene rings is 1. The molecule has 2 aromatic heterocycles. The molecular formula is C16H16N4O4S2. The van der Waals surface area contributed by atoms with Gasteiger partial charge in [0.15, 0.2) is 5.37 Å². The van der Waals surface area contributed by atoms with E-state index in [0.717, 1.165) is 10.7 Å². The molecule has 10 heteroatoms. The Labute approximate surface area is 157 Å².